The van der Waals surface area contributed by atoms with Crippen molar-refractivity contribution < 1.29 is 18.7 Å². The zero-order chi connectivity index (χ0) is 18.4. The molecule has 0 aliphatic heterocycles. The highest BCUT2D eigenvalue weighted by atomic mass is 79.9. The molecule has 132 valence electrons. The molecular formula is C18H18BrFN2O3. The van der Waals surface area contributed by atoms with Crippen molar-refractivity contribution in [1.82, 2.24) is 10.6 Å². The Kier molecular flexibility index (Phi) is 6.52. The first kappa shape index (κ1) is 18.9. The Balaban J connectivity index is 1.94. The highest BCUT2D eigenvalue weighted by molar-refractivity contribution is 9.10. The predicted molar refractivity (Wildman–Crippen MR) is 95.9 cm³/mol. The fraction of sp³-hybridized carbons (Fsp3) is 0.222. The van der Waals surface area contributed by atoms with E-state index >= 15 is 0 Å². The molecule has 1 atom stereocenters. The van der Waals surface area contributed by atoms with Gasteiger partial charge in [0.1, 0.15) is 11.6 Å². The molecule has 7 heteroatoms. The lowest BCUT2D eigenvalue weighted by molar-refractivity contribution is -0.127. The lowest BCUT2D eigenvalue weighted by Crippen LogP contribution is -2.36. The van der Waals surface area contributed by atoms with Gasteiger partial charge < -0.3 is 15.4 Å². The summed E-state index contributed by atoms with van der Waals surface area (Å²) in [5, 5.41) is 5.30. The fourth-order valence-electron chi connectivity index (χ4n) is 2.11. The molecular weight excluding hydrogens is 391 g/mol. The van der Waals surface area contributed by atoms with Gasteiger partial charge in [0.15, 0.2) is 6.10 Å². The number of hydrogen-bond acceptors (Lipinski definition) is 3. The van der Waals surface area contributed by atoms with Crippen molar-refractivity contribution in [3.8, 4) is 5.75 Å². The van der Waals surface area contributed by atoms with Crippen molar-refractivity contribution in [3.05, 3.63) is 63.9 Å². The summed E-state index contributed by atoms with van der Waals surface area (Å²) < 4.78 is 19.0. The van der Waals surface area contributed by atoms with E-state index in [-0.39, 0.29) is 18.4 Å². The quantitative estimate of drug-likeness (QED) is 0.771. The Morgan fingerprint density at radius 3 is 2.68 bits per heavy atom. The van der Waals surface area contributed by atoms with Gasteiger partial charge in [-0.15, -0.1) is 0 Å². The van der Waals surface area contributed by atoms with Gasteiger partial charge >= 0.3 is 0 Å². The maximum absolute atomic E-state index is 13.1. The lowest BCUT2D eigenvalue weighted by atomic mass is 10.1. The molecule has 0 radical (unpaired) electrons. The van der Waals surface area contributed by atoms with E-state index in [4.69, 9.17) is 4.74 Å². The second-order valence-corrected chi connectivity index (χ2v) is 6.19. The van der Waals surface area contributed by atoms with Crippen LogP contribution in [0.2, 0.25) is 0 Å². The summed E-state index contributed by atoms with van der Waals surface area (Å²) in [5.74, 6) is -0.523. The topological polar surface area (TPSA) is 67.4 Å². The third-order valence-corrected chi connectivity index (χ3v) is 4.07. The number of hydrogen-bond donors (Lipinski definition) is 2. The first-order valence-electron chi connectivity index (χ1n) is 7.61. The summed E-state index contributed by atoms with van der Waals surface area (Å²) in [6.07, 6.45) is -0.760. The molecule has 0 fully saturated rings. The summed E-state index contributed by atoms with van der Waals surface area (Å²) in [4.78, 5) is 23.8. The van der Waals surface area contributed by atoms with Gasteiger partial charge in [-0.3, -0.25) is 9.59 Å². The minimum absolute atomic E-state index is 0.189. The molecule has 0 spiro atoms. The predicted octanol–water partition coefficient (Wildman–Crippen LogP) is 3.03. The van der Waals surface area contributed by atoms with Gasteiger partial charge in [-0.1, -0.05) is 12.1 Å². The molecule has 1 unspecified atom stereocenters. The van der Waals surface area contributed by atoms with E-state index in [1.54, 1.807) is 32.2 Å². The third-order valence-electron chi connectivity index (χ3n) is 3.45. The van der Waals surface area contributed by atoms with Crippen LogP contribution in [0.25, 0.3) is 0 Å². The van der Waals surface area contributed by atoms with Crippen molar-refractivity contribution in [1.29, 1.82) is 0 Å². The van der Waals surface area contributed by atoms with Gasteiger partial charge in [-0.2, -0.15) is 0 Å². The van der Waals surface area contributed by atoms with Crippen molar-refractivity contribution >= 4 is 27.7 Å². The Morgan fingerprint density at radius 2 is 2.00 bits per heavy atom. The van der Waals surface area contributed by atoms with Crippen molar-refractivity contribution in [2.24, 2.45) is 0 Å². The van der Waals surface area contributed by atoms with Gasteiger partial charge in [0, 0.05) is 19.2 Å². The molecule has 25 heavy (non-hydrogen) atoms. The van der Waals surface area contributed by atoms with Gasteiger partial charge in [0.25, 0.3) is 11.8 Å². The van der Waals surface area contributed by atoms with E-state index < -0.39 is 11.9 Å². The van der Waals surface area contributed by atoms with Crippen molar-refractivity contribution in [2.75, 3.05) is 7.05 Å². The first-order chi connectivity index (χ1) is 11.9. The molecule has 0 aromatic heterocycles. The number of ether oxygens (including phenoxy) is 1. The summed E-state index contributed by atoms with van der Waals surface area (Å²) in [6.45, 7) is 1.87. The minimum atomic E-state index is -0.760. The van der Waals surface area contributed by atoms with Crippen molar-refractivity contribution in [2.45, 2.75) is 19.6 Å². The van der Waals surface area contributed by atoms with Crippen molar-refractivity contribution in [3.63, 3.8) is 0 Å². The van der Waals surface area contributed by atoms with Gasteiger partial charge in [-0.25, -0.2) is 4.39 Å². The SMILES string of the molecule is CNC(=O)c1cccc(CNC(=O)C(C)Oc2ccc(F)cc2Br)c1. The first-order valence-corrected chi connectivity index (χ1v) is 8.40. The Hall–Kier alpha value is -2.41. The molecule has 2 rings (SSSR count). The standard InChI is InChI=1S/C18H18BrFN2O3/c1-11(25-16-7-6-14(20)9-15(16)19)17(23)22-10-12-4-3-5-13(8-12)18(24)21-2/h3-9,11H,10H2,1-2H3,(H,21,24)(H,22,23). The second kappa shape index (κ2) is 8.62. The number of benzene rings is 2. The summed E-state index contributed by atoms with van der Waals surface area (Å²) >= 11 is 3.19. The van der Waals surface area contributed by atoms with E-state index in [0.29, 0.717) is 15.8 Å². The second-order valence-electron chi connectivity index (χ2n) is 5.33. The smallest absolute Gasteiger partial charge is 0.261 e. The van der Waals surface area contributed by atoms with Crippen LogP contribution in [0.5, 0.6) is 5.75 Å². The Bertz CT molecular complexity index is 783. The molecule has 0 aliphatic rings. The molecule has 0 saturated heterocycles. The van der Waals surface area contributed by atoms with Crippen LogP contribution in [0, 0.1) is 5.82 Å². The number of amides is 2. The third kappa shape index (κ3) is 5.29. The van der Waals surface area contributed by atoms with E-state index in [1.165, 1.54) is 18.2 Å². The average Bonchev–Trinajstić information content (AvgIpc) is 2.61. The van der Waals surface area contributed by atoms with Crippen LogP contribution in [0.4, 0.5) is 4.39 Å². The molecule has 0 heterocycles. The number of carbonyl (C=O) groups is 2. The molecule has 2 aromatic carbocycles. The average molecular weight is 409 g/mol. The molecule has 5 nitrogen and oxygen atoms in total. The zero-order valence-corrected chi connectivity index (χ0v) is 15.4. The van der Waals surface area contributed by atoms with Gasteiger partial charge in [-0.05, 0) is 58.7 Å². The molecule has 0 saturated carbocycles. The number of halogens is 2. The molecule has 2 aromatic rings. The largest absolute Gasteiger partial charge is 0.480 e. The van der Waals surface area contributed by atoms with Crippen LogP contribution in [0.15, 0.2) is 46.9 Å². The van der Waals surface area contributed by atoms with Crippen LogP contribution < -0.4 is 15.4 Å². The minimum Gasteiger partial charge on any atom is -0.480 e. The summed E-state index contributed by atoms with van der Waals surface area (Å²) in [7, 11) is 1.56. The normalized spacial score (nSPS) is 11.5. The van der Waals surface area contributed by atoms with Gasteiger partial charge in [0.2, 0.25) is 0 Å². The number of nitrogens with one attached hydrogen (secondary N) is 2. The highest BCUT2D eigenvalue weighted by Gasteiger charge is 2.16. The van der Waals surface area contributed by atoms with E-state index in [2.05, 4.69) is 26.6 Å². The van der Waals surface area contributed by atoms with E-state index in [0.717, 1.165) is 5.56 Å². The lowest BCUT2D eigenvalue weighted by Gasteiger charge is -2.16. The Labute approximate surface area is 153 Å². The van der Waals surface area contributed by atoms with E-state index in [1.807, 2.05) is 6.07 Å². The Morgan fingerprint density at radius 1 is 1.24 bits per heavy atom. The number of carbonyl (C=O) groups excluding carboxylic acids is 2. The maximum atomic E-state index is 13.1. The van der Waals surface area contributed by atoms with Gasteiger partial charge in [0.05, 0.1) is 4.47 Å². The van der Waals surface area contributed by atoms with Crippen LogP contribution in [0.3, 0.4) is 0 Å². The van der Waals surface area contributed by atoms with Crippen LogP contribution in [0.1, 0.15) is 22.8 Å². The number of rotatable bonds is 6. The monoisotopic (exact) mass is 408 g/mol. The van der Waals surface area contributed by atoms with Crippen LogP contribution >= 0.6 is 15.9 Å². The molecule has 2 amide bonds. The molecule has 2 N–H and O–H groups in total. The van der Waals surface area contributed by atoms with Crippen LogP contribution in [-0.4, -0.2) is 25.0 Å². The molecule has 0 bridgehead atoms. The highest BCUT2D eigenvalue weighted by Crippen LogP contribution is 2.26. The zero-order valence-electron chi connectivity index (χ0n) is 13.8. The molecule has 0 aliphatic carbocycles. The fourth-order valence-corrected chi connectivity index (χ4v) is 2.56. The summed E-state index contributed by atoms with van der Waals surface area (Å²) in [6, 6.07) is 11.0. The summed E-state index contributed by atoms with van der Waals surface area (Å²) in [5.41, 5.74) is 1.32. The van der Waals surface area contributed by atoms with E-state index in [9.17, 15) is 14.0 Å². The maximum Gasteiger partial charge on any atom is 0.261 e. The van der Waals surface area contributed by atoms with Crippen LogP contribution in [-0.2, 0) is 11.3 Å².